The molecule has 118 valence electrons. The number of hydrogen-bond donors (Lipinski definition) is 0. The highest BCUT2D eigenvalue weighted by molar-refractivity contribution is 5.94. The number of hydrogen-bond acceptors (Lipinski definition) is 5. The molecule has 0 aliphatic heterocycles. The van der Waals surface area contributed by atoms with Gasteiger partial charge in [-0.15, -0.1) is 0 Å². The first-order valence-corrected chi connectivity index (χ1v) is 7.39. The summed E-state index contributed by atoms with van der Waals surface area (Å²) in [5, 5.41) is 4.57. The first kappa shape index (κ1) is 14.3. The number of carbonyl (C=O) groups excluding carboxylic acids is 1. The molecular weight excluding hydrogens is 306 g/mol. The maximum atomic E-state index is 12.9. The monoisotopic (exact) mass is 319 g/mol. The van der Waals surface area contributed by atoms with Crippen molar-refractivity contribution in [1.29, 1.82) is 0 Å². The largest absolute Gasteiger partial charge is 0.295 e. The molecule has 0 saturated heterocycles. The number of aromatic nitrogens is 5. The lowest BCUT2D eigenvalue weighted by atomic mass is 10.1. The van der Waals surface area contributed by atoms with E-state index in [1.807, 2.05) is 13.0 Å². The van der Waals surface area contributed by atoms with E-state index in [0.717, 1.165) is 5.69 Å². The summed E-state index contributed by atoms with van der Waals surface area (Å²) < 4.78 is 3.14. The molecule has 0 atom stereocenters. The molecule has 1 aromatic carbocycles. The number of benzene rings is 1. The molecule has 0 aliphatic rings. The van der Waals surface area contributed by atoms with E-state index in [-0.39, 0.29) is 11.3 Å². The van der Waals surface area contributed by atoms with Crippen molar-refractivity contribution in [2.45, 2.75) is 13.8 Å². The lowest BCUT2D eigenvalue weighted by Crippen LogP contribution is -2.21. The number of pyridine rings is 1. The minimum absolute atomic E-state index is 0.0121. The number of rotatable bonds is 2. The molecule has 3 heterocycles. The van der Waals surface area contributed by atoms with Crippen molar-refractivity contribution in [3.8, 4) is 5.69 Å². The van der Waals surface area contributed by atoms with Crippen LogP contribution in [0, 0.1) is 6.92 Å². The highest BCUT2D eigenvalue weighted by Gasteiger charge is 2.12. The van der Waals surface area contributed by atoms with Gasteiger partial charge in [-0.3, -0.25) is 14.2 Å². The predicted octanol–water partition coefficient (Wildman–Crippen LogP) is 1.94. The van der Waals surface area contributed by atoms with Crippen LogP contribution in [0.25, 0.3) is 22.4 Å². The zero-order valence-electron chi connectivity index (χ0n) is 13.1. The summed E-state index contributed by atoms with van der Waals surface area (Å²) in [5.41, 5.74) is 2.53. The van der Waals surface area contributed by atoms with Gasteiger partial charge in [-0.05, 0) is 44.2 Å². The Morgan fingerprint density at radius 3 is 2.58 bits per heavy atom. The molecular formula is C17H13N5O2. The van der Waals surface area contributed by atoms with Crippen LogP contribution in [0.15, 0.2) is 47.7 Å². The van der Waals surface area contributed by atoms with Gasteiger partial charge in [0.15, 0.2) is 5.78 Å². The average Bonchev–Trinajstić information content (AvgIpc) is 3.04. The van der Waals surface area contributed by atoms with Gasteiger partial charge >= 0.3 is 0 Å². The minimum Gasteiger partial charge on any atom is -0.295 e. The van der Waals surface area contributed by atoms with Crippen LogP contribution in [0.1, 0.15) is 23.0 Å². The molecule has 24 heavy (non-hydrogen) atoms. The van der Waals surface area contributed by atoms with Crippen LogP contribution in [0.5, 0.6) is 0 Å². The van der Waals surface area contributed by atoms with Gasteiger partial charge in [0.1, 0.15) is 6.33 Å². The Morgan fingerprint density at radius 2 is 1.88 bits per heavy atom. The fraction of sp³-hybridized carbons (Fsp3) is 0.118. The number of aryl methyl sites for hydroxylation is 1. The third-order valence-electron chi connectivity index (χ3n) is 4.01. The lowest BCUT2D eigenvalue weighted by molar-refractivity contribution is 0.101. The Hall–Kier alpha value is -3.35. The third-order valence-corrected chi connectivity index (χ3v) is 4.01. The molecule has 0 N–H and O–H groups in total. The van der Waals surface area contributed by atoms with Crippen LogP contribution in [0.4, 0.5) is 0 Å². The maximum absolute atomic E-state index is 12.9. The molecule has 0 fully saturated rings. The summed E-state index contributed by atoms with van der Waals surface area (Å²) in [6.45, 7) is 3.36. The van der Waals surface area contributed by atoms with Gasteiger partial charge in [0.2, 0.25) is 0 Å². The van der Waals surface area contributed by atoms with Crippen LogP contribution in [-0.4, -0.2) is 29.9 Å². The third kappa shape index (κ3) is 2.02. The highest BCUT2D eigenvalue weighted by atomic mass is 16.1. The molecule has 0 aliphatic carbocycles. The van der Waals surface area contributed by atoms with Crippen LogP contribution in [0.3, 0.4) is 0 Å². The molecule has 4 aromatic rings. The zero-order valence-corrected chi connectivity index (χ0v) is 13.1. The van der Waals surface area contributed by atoms with Crippen molar-refractivity contribution in [2.75, 3.05) is 0 Å². The first-order chi connectivity index (χ1) is 11.6. The summed E-state index contributed by atoms with van der Waals surface area (Å²) in [6, 6.07) is 8.83. The van der Waals surface area contributed by atoms with Crippen LogP contribution in [-0.2, 0) is 0 Å². The van der Waals surface area contributed by atoms with Crippen molar-refractivity contribution >= 4 is 22.5 Å². The van der Waals surface area contributed by atoms with Gasteiger partial charge in [-0.25, -0.2) is 4.98 Å². The quantitative estimate of drug-likeness (QED) is 0.527. The van der Waals surface area contributed by atoms with Crippen molar-refractivity contribution in [3.05, 3.63) is 64.5 Å². The van der Waals surface area contributed by atoms with E-state index in [0.29, 0.717) is 27.9 Å². The highest BCUT2D eigenvalue weighted by Crippen LogP contribution is 2.16. The number of ketones is 1. The predicted molar refractivity (Wildman–Crippen MR) is 88.6 cm³/mol. The normalized spacial score (nSPS) is 11.2. The van der Waals surface area contributed by atoms with Gasteiger partial charge in [-0.2, -0.15) is 14.6 Å². The van der Waals surface area contributed by atoms with Gasteiger partial charge in [0.25, 0.3) is 11.3 Å². The SMILES string of the molecule is CC(=O)c1ccc(-n2c(C)cc3c(cnc4ncnn43)c2=O)cc1. The number of fused-ring (bicyclic) bond motifs is 3. The van der Waals surface area contributed by atoms with Crippen molar-refractivity contribution < 1.29 is 4.79 Å². The molecule has 0 unspecified atom stereocenters. The minimum atomic E-state index is -0.189. The Morgan fingerprint density at radius 1 is 1.12 bits per heavy atom. The van der Waals surface area contributed by atoms with E-state index in [1.54, 1.807) is 33.3 Å². The molecule has 3 aromatic heterocycles. The van der Waals surface area contributed by atoms with Gasteiger partial charge in [0.05, 0.1) is 10.9 Å². The molecule has 4 rings (SSSR count). The van der Waals surface area contributed by atoms with Gasteiger partial charge in [0, 0.05) is 23.1 Å². The van der Waals surface area contributed by atoms with Crippen LogP contribution >= 0.6 is 0 Å². The summed E-state index contributed by atoms with van der Waals surface area (Å²) in [6.07, 6.45) is 2.92. The first-order valence-electron chi connectivity index (χ1n) is 7.39. The van der Waals surface area contributed by atoms with Crippen LogP contribution < -0.4 is 5.56 Å². The maximum Gasteiger partial charge on any atom is 0.266 e. The Balaban J connectivity index is 2.00. The molecule has 0 spiro atoms. The number of Topliss-reactive ketones (excluding diaryl/α,β-unsaturated/α-hetero) is 1. The van der Waals surface area contributed by atoms with E-state index in [4.69, 9.17) is 0 Å². The van der Waals surface area contributed by atoms with E-state index < -0.39 is 0 Å². The molecule has 0 amide bonds. The van der Waals surface area contributed by atoms with E-state index in [2.05, 4.69) is 15.1 Å². The van der Waals surface area contributed by atoms with Gasteiger partial charge < -0.3 is 0 Å². The fourth-order valence-electron chi connectivity index (χ4n) is 2.81. The number of nitrogens with zero attached hydrogens (tertiary/aromatic N) is 5. The lowest BCUT2D eigenvalue weighted by Gasteiger charge is -2.12. The molecule has 0 bridgehead atoms. The summed E-state index contributed by atoms with van der Waals surface area (Å²) in [5.74, 6) is 0.437. The fourth-order valence-corrected chi connectivity index (χ4v) is 2.81. The number of carbonyl (C=O) groups is 1. The zero-order chi connectivity index (χ0) is 16.8. The molecule has 7 nitrogen and oxygen atoms in total. The Labute approximate surface area is 136 Å². The van der Waals surface area contributed by atoms with Crippen molar-refractivity contribution in [2.24, 2.45) is 0 Å². The topological polar surface area (TPSA) is 82.2 Å². The summed E-state index contributed by atoms with van der Waals surface area (Å²) in [7, 11) is 0. The Bertz CT molecular complexity index is 1160. The summed E-state index contributed by atoms with van der Waals surface area (Å²) >= 11 is 0. The second-order valence-corrected chi connectivity index (χ2v) is 5.56. The van der Waals surface area contributed by atoms with Crippen molar-refractivity contribution in [1.82, 2.24) is 24.1 Å². The molecule has 0 saturated carbocycles. The summed E-state index contributed by atoms with van der Waals surface area (Å²) in [4.78, 5) is 32.5. The second-order valence-electron chi connectivity index (χ2n) is 5.56. The van der Waals surface area contributed by atoms with Gasteiger partial charge in [-0.1, -0.05) is 0 Å². The molecule has 7 heteroatoms. The standard InChI is InChI=1S/C17H13N5O2/c1-10-7-15-14(8-18-17-19-9-20-22(15)17)16(24)21(10)13-5-3-12(4-6-13)11(2)23/h3-9H,1-2H3. The average molecular weight is 319 g/mol. The van der Waals surface area contributed by atoms with Crippen molar-refractivity contribution in [3.63, 3.8) is 0 Å². The molecule has 0 radical (unpaired) electrons. The van der Waals surface area contributed by atoms with E-state index in [9.17, 15) is 9.59 Å². The van der Waals surface area contributed by atoms with Crippen LogP contribution in [0.2, 0.25) is 0 Å². The van der Waals surface area contributed by atoms with E-state index >= 15 is 0 Å². The second kappa shape index (κ2) is 5.09. The Kier molecular flexibility index (Phi) is 3.02. The smallest absolute Gasteiger partial charge is 0.266 e. The van der Waals surface area contributed by atoms with E-state index in [1.165, 1.54) is 19.4 Å².